The number of benzene rings is 1. The monoisotopic (exact) mass is 284 g/mol. The highest BCUT2D eigenvalue weighted by Gasteiger charge is 2.05. The number of anilines is 1. The molecule has 0 aliphatic rings. The third-order valence-electron chi connectivity index (χ3n) is 2.24. The molecule has 0 amide bonds. The van der Waals surface area contributed by atoms with Crippen molar-refractivity contribution in [3.8, 4) is 5.75 Å². The minimum atomic E-state index is 0.0524. The van der Waals surface area contributed by atoms with Crippen molar-refractivity contribution in [2.75, 3.05) is 12.4 Å². The summed E-state index contributed by atoms with van der Waals surface area (Å²) >= 11 is 11.5. The number of halogens is 2. The van der Waals surface area contributed by atoms with Crippen LogP contribution in [0.15, 0.2) is 24.3 Å². The van der Waals surface area contributed by atoms with Gasteiger partial charge in [0.2, 0.25) is 5.28 Å². The first-order valence-electron chi connectivity index (χ1n) is 5.11. The number of methoxy groups -OCH3 is 1. The van der Waals surface area contributed by atoms with Gasteiger partial charge in [-0.1, -0.05) is 23.7 Å². The fourth-order valence-electron chi connectivity index (χ4n) is 1.33. The van der Waals surface area contributed by atoms with Gasteiger partial charge < -0.3 is 10.1 Å². The third kappa shape index (κ3) is 3.21. The van der Waals surface area contributed by atoms with Crippen molar-refractivity contribution < 1.29 is 4.74 Å². The van der Waals surface area contributed by atoms with Gasteiger partial charge in [0.15, 0.2) is 11.0 Å². The van der Waals surface area contributed by atoms with E-state index in [0.717, 1.165) is 11.3 Å². The molecular formula is C11H10Cl2N4O. The van der Waals surface area contributed by atoms with Gasteiger partial charge in [0, 0.05) is 6.54 Å². The Morgan fingerprint density at radius 1 is 1.17 bits per heavy atom. The molecule has 5 nitrogen and oxygen atoms in total. The van der Waals surface area contributed by atoms with Gasteiger partial charge in [-0.05, 0) is 29.3 Å². The molecule has 18 heavy (non-hydrogen) atoms. The van der Waals surface area contributed by atoms with E-state index >= 15 is 0 Å². The normalized spacial score (nSPS) is 10.2. The SMILES string of the molecule is COc1ccc(CNc2nc(Cl)nnc2Cl)cc1. The molecule has 0 radical (unpaired) electrons. The van der Waals surface area contributed by atoms with Crippen molar-refractivity contribution in [2.24, 2.45) is 0 Å². The number of ether oxygens (including phenoxy) is 1. The summed E-state index contributed by atoms with van der Waals surface area (Å²) in [6, 6.07) is 7.64. The summed E-state index contributed by atoms with van der Waals surface area (Å²) in [5, 5.41) is 10.5. The molecule has 0 atom stereocenters. The van der Waals surface area contributed by atoms with Crippen molar-refractivity contribution in [2.45, 2.75) is 6.54 Å². The van der Waals surface area contributed by atoms with Gasteiger partial charge in [-0.2, -0.15) is 4.98 Å². The number of hydrogen-bond acceptors (Lipinski definition) is 5. The lowest BCUT2D eigenvalue weighted by Gasteiger charge is -2.07. The maximum absolute atomic E-state index is 5.83. The smallest absolute Gasteiger partial charge is 0.245 e. The van der Waals surface area contributed by atoms with Crippen molar-refractivity contribution in [3.63, 3.8) is 0 Å². The molecule has 0 aliphatic heterocycles. The van der Waals surface area contributed by atoms with Gasteiger partial charge in [-0.15, -0.1) is 10.2 Å². The molecule has 0 fully saturated rings. The van der Waals surface area contributed by atoms with Crippen LogP contribution in [0.4, 0.5) is 5.82 Å². The van der Waals surface area contributed by atoms with Gasteiger partial charge in [0.05, 0.1) is 7.11 Å². The molecule has 0 aliphatic carbocycles. The first-order chi connectivity index (χ1) is 8.69. The van der Waals surface area contributed by atoms with Gasteiger partial charge in [-0.25, -0.2) is 0 Å². The largest absolute Gasteiger partial charge is 0.497 e. The van der Waals surface area contributed by atoms with Gasteiger partial charge >= 0.3 is 0 Å². The maximum atomic E-state index is 5.83. The van der Waals surface area contributed by atoms with E-state index in [4.69, 9.17) is 27.9 Å². The van der Waals surface area contributed by atoms with Crippen LogP contribution in [0.5, 0.6) is 5.75 Å². The minimum Gasteiger partial charge on any atom is -0.497 e. The fourth-order valence-corrected chi connectivity index (χ4v) is 1.60. The standard InChI is InChI=1S/C11H10Cl2N4O/c1-18-8-4-2-7(3-5-8)6-14-10-9(12)16-17-11(13)15-10/h2-5H,6H2,1H3,(H,14,15,17). The number of hydrogen-bond donors (Lipinski definition) is 1. The fraction of sp³-hybridized carbons (Fsp3) is 0.182. The summed E-state index contributed by atoms with van der Waals surface area (Å²) in [5.74, 6) is 1.22. The van der Waals surface area contributed by atoms with Crippen molar-refractivity contribution in [1.82, 2.24) is 15.2 Å². The van der Waals surface area contributed by atoms with Crippen LogP contribution in [0.2, 0.25) is 10.4 Å². The quantitative estimate of drug-likeness (QED) is 0.936. The molecule has 94 valence electrons. The highest BCUT2D eigenvalue weighted by atomic mass is 35.5. The Balaban J connectivity index is 2.04. The molecule has 0 unspecified atom stereocenters. The molecule has 0 bridgehead atoms. The van der Waals surface area contributed by atoms with E-state index in [-0.39, 0.29) is 10.4 Å². The third-order valence-corrected chi connectivity index (χ3v) is 2.65. The van der Waals surface area contributed by atoms with E-state index in [9.17, 15) is 0 Å². The number of rotatable bonds is 4. The van der Waals surface area contributed by atoms with Gasteiger partial charge in [0.25, 0.3) is 0 Å². The zero-order valence-corrected chi connectivity index (χ0v) is 11.0. The number of aromatic nitrogens is 3. The lowest BCUT2D eigenvalue weighted by atomic mass is 10.2. The summed E-state index contributed by atoms with van der Waals surface area (Å²) in [6.07, 6.45) is 0. The van der Waals surface area contributed by atoms with Crippen LogP contribution in [-0.2, 0) is 6.54 Å². The van der Waals surface area contributed by atoms with Gasteiger partial charge in [-0.3, -0.25) is 0 Å². The van der Waals surface area contributed by atoms with Crippen LogP contribution in [-0.4, -0.2) is 22.3 Å². The Labute approximate surface area is 114 Å². The first kappa shape index (κ1) is 12.9. The average molecular weight is 285 g/mol. The van der Waals surface area contributed by atoms with E-state index in [1.165, 1.54) is 0 Å². The summed E-state index contributed by atoms with van der Waals surface area (Å²) in [6.45, 7) is 0.554. The molecule has 2 aromatic rings. The average Bonchev–Trinajstić information content (AvgIpc) is 2.40. The zero-order valence-electron chi connectivity index (χ0n) is 9.52. The van der Waals surface area contributed by atoms with E-state index in [0.29, 0.717) is 12.4 Å². The van der Waals surface area contributed by atoms with Crippen LogP contribution >= 0.6 is 23.2 Å². The topological polar surface area (TPSA) is 59.9 Å². The molecule has 0 spiro atoms. The van der Waals surface area contributed by atoms with E-state index in [2.05, 4.69) is 20.5 Å². The van der Waals surface area contributed by atoms with Crippen molar-refractivity contribution in [3.05, 3.63) is 40.3 Å². The Kier molecular flexibility index (Phi) is 4.17. The Hall–Kier alpha value is -1.59. The van der Waals surface area contributed by atoms with E-state index in [1.807, 2.05) is 24.3 Å². The number of nitrogens with zero attached hydrogens (tertiary/aromatic N) is 3. The van der Waals surface area contributed by atoms with Crippen LogP contribution in [0.3, 0.4) is 0 Å². The highest BCUT2D eigenvalue weighted by Crippen LogP contribution is 2.18. The van der Waals surface area contributed by atoms with Crippen LogP contribution in [0.1, 0.15) is 5.56 Å². The van der Waals surface area contributed by atoms with E-state index < -0.39 is 0 Å². The molecule has 1 heterocycles. The lowest BCUT2D eigenvalue weighted by Crippen LogP contribution is -2.04. The molecule has 1 N–H and O–H groups in total. The number of nitrogens with one attached hydrogen (secondary N) is 1. The predicted molar refractivity (Wildman–Crippen MR) is 70.2 cm³/mol. The lowest BCUT2D eigenvalue weighted by molar-refractivity contribution is 0.414. The second kappa shape index (κ2) is 5.84. The molecule has 1 aromatic heterocycles. The zero-order chi connectivity index (χ0) is 13.0. The molecule has 2 rings (SSSR count). The predicted octanol–water partition coefficient (Wildman–Crippen LogP) is 2.80. The van der Waals surface area contributed by atoms with E-state index in [1.54, 1.807) is 7.11 Å². The Bertz CT molecular complexity index is 533. The molecule has 0 saturated carbocycles. The van der Waals surface area contributed by atoms with Crippen molar-refractivity contribution in [1.29, 1.82) is 0 Å². The molecular weight excluding hydrogens is 275 g/mol. The van der Waals surface area contributed by atoms with Gasteiger partial charge in [0.1, 0.15) is 5.75 Å². The van der Waals surface area contributed by atoms with Crippen LogP contribution < -0.4 is 10.1 Å². The van der Waals surface area contributed by atoms with Crippen molar-refractivity contribution >= 4 is 29.0 Å². The first-order valence-corrected chi connectivity index (χ1v) is 5.87. The second-order valence-electron chi connectivity index (χ2n) is 3.42. The summed E-state index contributed by atoms with van der Waals surface area (Å²) in [5.41, 5.74) is 1.06. The van der Waals surface area contributed by atoms with Crippen LogP contribution in [0.25, 0.3) is 0 Å². The highest BCUT2D eigenvalue weighted by molar-refractivity contribution is 6.32. The minimum absolute atomic E-state index is 0.0524. The summed E-state index contributed by atoms with van der Waals surface area (Å²) in [4.78, 5) is 3.95. The van der Waals surface area contributed by atoms with Crippen LogP contribution in [0, 0.1) is 0 Å². The summed E-state index contributed by atoms with van der Waals surface area (Å²) in [7, 11) is 1.63. The Morgan fingerprint density at radius 2 is 1.89 bits per heavy atom. The molecule has 7 heteroatoms. The summed E-state index contributed by atoms with van der Waals surface area (Å²) < 4.78 is 5.08. The molecule has 1 aromatic carbocycles. The Morgan fingerprint density at radius 3 is 2.56 bits per heavy atom. The second-order valence-corrected chi connectivity index (χ2v) is 4.12. The molecule has 0 saturated heterocycles. The maximum Gasteiger partial charge on any atom is 0.245 e.